The zero-order valence-corrected chi connectivity index (χ0v) is 16.8. The van der Waals surface area contributed by atoms with Gasteiger partial charge in [-0.2, -0.15) is 0 Å². The first kappa shape index (κ1) is 19.0. The van der Waals surface area contributed by atoms with Gasteiger partial charge in [0, 0.05) is 11.5 Å². The fourth-order valence-corrected chi connectivity index (χ4v) is 3.32. The molecule has 4 aromatic rings. The number of benzene rings is 1. The standard InChI is InChI=1S/C20H18FN5O2S/c1-20(2,3)15-11-16(25-28-15)22-19(27)17-23-18(14-8-5-9-29-14)26(24-17)13-7-4-6-12(21)10-13/h4-11H,1-3H3,(H,22,25,27). The van der Waals surface area contributed by atoms with E-state index >= 15 is 0 Å². The summed E-state index contributed by atoms with van der Waals surface area (Å²) < 4.78 is 20.5. The van der Waals surface area contributed by atoms with Crippen molar-refractivity contribution in [3.8, 4) is 16.4 Å². The van der Waals surface area contributed by atoms with Gasteiger partial charge in [-0.1, -0.05) is 38.1 Å². The van der Waals surface area contributed by atoms with Crippen LogP contribution in [0.25, 0.3) is 16.4 Å². The highest BCUT2D eigenvalue weighted by Crippen LogP contribution is 2.27. The molecule has 0 aliphatic heterocycles. The van der Waals surface area contributed by atoms with Crippen LogP contribution in [0.1, 0.15) is 37.2 Å². The molecule has 0 bridgehead atoms. The van der Waals surface area contributed by atoms with Gasteiger partial charge in [0.25, 0.3) is 5.91 Å². The van der Waals surface area contributed by atoms with Crippen molar-refractivity contribution >= 4 is 23.1 Å². The number of aromatic nitrogens is 4. The van der Waals surface area contributed by atoms with Gasteiger partial charge in [0.15, 0.2) is 11.6 Å². The van der Waals surface area contributed by atoms with Crippen molar-refractivity contribution in [3.05, 3.63) is 65.2 Å². The number of hydrogen-bond acceptors (Lipinski definition) is 6. The summed E-state index contributed by atoms with van der Waals surface area (Å²) in [4.78, 5) is 17.9. The maximum atomic E-state index is 13.7. The van der Waals surface area contributed by atoms with E-state index < -0.39 is 11.7 Å². The van der Waals surface area contributed by atoms with Crippen LogP contribution in [0.15, 0.2) is 52.4 Å². The number of nitrogens with zero attached hydrogens (tertiary/aromatic N) is 4. The lowest BCUT2D eigenvalue weighted by Gasteiger charge is -2.11. The third-order valence-corrected chi connectivity index (χ3v) is 4.96. The van der Waals surface area contributed by atoms with Crippen LogP contribution in [0.2, 0.25) is 0 Å². The second kappa shape index (κ2) is 7.25. The Hall–Kier alpha value is -3.33. The first-order chi connectivity index (χ1) is 13.8. The third-order valence-electron chi connectivity index (χ3n) is 4.10. The molecular formula is C20H18FN5O2S. The molecule has 3 aromatic heterocycles. The van der Waals surface area contributed by atoms with Crippen LogP contribution in [0.3, 0.4) is 0 Å². The van der Waals surface area contributed by atoms with Crippen molar-refractivity contribution in [1.29, 1.82) is 0 Å². The molecule has 0 radical (unpaired) electrons. The maximum Gasteiger partial charge on any atom is 0.296 e. The van der Waals surface area contributed by atoms with Crippen LogP contribution in [0.4, 0.5) is 10.2 Å². The fourth-order valence-electron chi connectivity index (χ4n) is 2.62. The molecule has 1 aromatic carbocycles. The van der Waals surface area contributed by atoms with E-state index in [0.29, 0.717) is 17.3 Å². The fraction of sp³-hybridized carbons (Fsp3) is 0.200. The molecule has 0 saturated carbocycles. The molecule has 0 fully saturated rings. The van der Waals surface area contributed by atoms with Crippen molar-refractivity contribution in [2.75, 3.05) is 5.32 Å². The van der Waals surface area contributed by atoms with E-state index in [0.717, 1.165) is 4.88 Å². The number of anilines is 1. The first-order valence-corrected chi connectivity index (χ1v) is 9.74. The summed E-state index contributed by atoms with van der Waals surface area (Å²) >= 11 is 1.45. The molecule has 4 rings (SSSR count). The Kier molecular flexibility index (Phi) is 4.75. The topological polar surface area (TPSA) is 85.8 Å². The van der Waals surface area contributed by atoms with Gasteiger partial charge in [0.2, 0.25) is 5.82 Å². The Balaban J connectivity index is 1.68. The molecule has 29 heavy (non-hydrogen) atoms. The lowest BCUT2D eigenvalue weighted by molar-refractivity contribution is 0.101. The first-order valence-electron chi connectivity index (χ1n) is 8.87. The zero-order chi connectivity index (χ0) is 20.6. The van der Waals surface area contributed by atoms with Gasteiger partial charge in [-0.3, -0.25) is 4.79 Å². The molecule has 0 saturated heterocycles. The van der Waals surface area contributed by atoms with E-state index in [4.69, 9.17) is 4.52 Å². The minimum Gasteiger partial charge on any atom is -0.359 e. The molecular weight excluding hydrogens is 393 g/mol. The highest BCUT2D eigenvalue weighted by atomic mass is 32.1. The van der Waals surface area contributed by atoms with E-state index in [1.54, 1.807) is 18.2 Å². The molecule has 0 aliphatic carbocycles. The number of amides is 1. The number of halogens is 1. The molecule has 148 valence electrons. The Bertz CT molecular complexity index is 1160. The molecule has 3 heterocycles. The Labute approximate surface area is 170 Å². The number of thiophene rings is 1. The highest BCUT2D eigenvalue weighted by molar-refractivity contribution is 7.13. The van der Waals surface area contributed by atoms with Gasteiger partial charge in [-0.05, 0) is 29.6 Å². The molecule has 1 amide bonds. The monoisotopic (exact) mass is 411 g/mol. The number of carbonyl (C=O) groups is 1. The van der Waals surface area contributed by atoms with Crippen molar-refractivity contribution in [1.82, 2.24) is 19.9 Å². The van der Waals surface area contributed by atoms with Gasteiger partial charge in [-0.15, -0.1) is 16.4 Å². The van der Waals surface area contributed by atoms with Gasteiger partial charge in [0.05, 0.1) is 10.6 Å². The van der Waals surface area contributed by atoms with Crippen molar-refractivity contribution in [2.45, 2.75) is 26.2 Å². The molecule has 0 atom stereocenters. The van der Waals surface area contributed by atoms with Crippen LogP contribution >= 0.6 is 11.3 Å². The molecule has 0 unspecified atom stereocenters. The lowest BCUT2D eigenvalue weighted by atomic mass is 9.93. The second-order valence-electron chi connectivity index (χ2n) is 7.41. The quantitative estimate of drug-likeness (QED) is 0.527. The second-order valence-corrected chi connectivity index (χ2v) is 8.36. The Morgan fingerprint density at radius 3 is 2.69 bits per heavy atom. The molecule has 7 nitrogen and oxygen atoms in total. The van der Waals surface area contributed by atoms with Crippen molar-refractivity contribution in [2.24, 2.45) is 0 Å². The van der Waals surface area contributed by atoms with E-state index in [-0.39, 0.29) is 17.1 Å². The van der Waals surface area contributed by atoms with Crippen LogP contribution in [-0.2, 0) is 5.41 Å². The van der Waals surface area contributed by atoms with Gasteiger partial charge >= 0.3 is 0 Å². The van der Waals surface area contributed by atoms with Crippen LogP contribution in [0, 0.1) is 5.82 Å². The van der Waals surface area contributed by atoms with E-state index in [1.165, 1.54) is 28.2 Å². The average Bonchev–Trinajstić information content (AvgIpc) is 3.40. The van der Waals surface area contributed by atoms with Gasteiger partial charge in [0.1, 0.15) is 11.6 Å². The largest absolute Gasteiger partial charge is 0.359 e. The van der Waals surface area contributed by atoms with E-state index in [9.17, 15) is 9.18 Å². The summed E-state index contributed by atoms with van der Waals surface area (Å²) in [6.07, 6.45) is 0. The molecule has 0 aliphatic rings. The predicted octanol–water partition coefficient (Wildman–Crippen LogP) is 4.67. The van der Waals surface area contributed by atoms with Crippen LogP contribution in [0.5, 0.6) is 0 Å². The molecule has 0 spiro atoms. The van der Waals surface area contributed by atoms with Gasteiger partial charge in [-0.25, -0.2) is 14.1 Å². The van der Waals surface area contributed by atoms with E-state index in [1.807, 2.05) is 38.3 Å². The number of carbonyl (C=O) groups excluding carboxylic acids is 1. The average molecular weight is 411 g/mol. The minimum absolute atomic E-state index is 0.0574. The normalized spacial score (nSPS) is 11.6. The predicted molar refractivity (Wildman–Crippen MR) is 108 cm³/mol. The summed E-state index contributed by atoms with van der Waals surface area (Å²) in [5.41, 5.74) is 0.232. The maximum absolute atomic E-state index is 13.7. The highest BCUT2D eigenvalue weighted by Gasteiger charge is 2.23. The number of rotatable bonds is 4. The third kappa shape index (κ3) is 3.95. The van der Waals surface area contributed by atoms with Crippen LogP contribution in [-0.4, -0.2) is 25.8 Å². The smallest absolute Gasteiger partial charge is 0.296 e. The van der Waals surface area contributed by atoms with Gasteiger partial charge < -0.3 is 9.84 Å². The lowest BCUT2D eigenvalue weighted by Crippen LogP contribution is -2.14. The zero-order valence-electron chi connectivity index (χ0n) is 16.0. The summed E-state index contributed by atoms with van der Waals surface area (Å²) in [5.74, 6) is 0.374. The SMILES string of the molecule is CC(C)(C)c1cc(NC(=O)c2nc(-c3cccs3)n(-c3cccc(F)c3)n2)no1. The Morgan fingerprint density at radius 2 is 2.03 bits per heavy atom. The minimum atomic E-state index is -0.535. The molecule has 1 N–H and O–H groups in total. The summed E-state index contributed by atoms with van der Waals surface area (Å²) in [5, 5.41) is 12.7. The van der Waals surface area contributed by atoms with Crippen LogP contribution < -0.4 is 5.32 Å². The Morgan fingerprint density at radius 1 is 1.21 bits per heavy atom. The number of hydrogen-bond donors (Lipinski definition) is 1. The van der Waals surface area contributed by atoms with Crippen molar-refractivity contribution < 1.29 is 13.7 Å². The van der Waals surface area contributed by atoms with Crippen molar-refractivity contribution in [3.63, 3.8) is 0 Å². The summed E-state index contributed by atoms with van der Waals surface area (Å²) in [7, 11) is 0. The van der Waals surface area contributed by atoms with E-state index in [2.05, 4.69) is 20.6 Å². The molecule has 9 heteroatoms. The summed E-state index contributed by atoms with van der Waals surface area (Å²) in [6.45, 7) is 5.94. The number of nitrogens with one attached hydrogen (secondary N) is 1. The summed E-state index contributed by atoms with van der Waals surface area (Å²) in [6, 6.07) is 11.4.